The van der Waals surface area contributed by atoms with E-state index in [0.717, 1.165) is 11.6 Å². The van der Waals surface area contributed by atoms with Gasteiger partial charge in [-0.3, -0.25) is 0 Å². The lowest BCUT2D eigenvalue weighted by Gasteiger charge is -2.47. The van der Waals surface area contributed by atoms with E-state index in [1.807, 2.05) is 30.4 Å². The Balaban J connectivity index is 0.000000332. The molecule has 2 aliphatic carbocycles. The third-order valence-corrected chi connectivity index (χ3v) is 8.68. The number of ether oxygens (including phenoxy) is 1. The van der Waals surface area contributed by atoms with Gasteiger partial charge < -0.3 is 4.74 Å². The quantitative estimate of drug-likeness (QED) is 0.211. The third-order valence-electron chi connectivity index (χ3n) is 7.21. The van der Waals surface area contributed by atoms with Crippen LogP contribution in [0.4, 0.5) is 0 Å². The molecule has 1 fully saturated rings. The zero-order chi connectivity index (χ0) is 22.8. The van der Waals surface area contributed by atoms with E-state index < -0.39 is 0 Å². The summed E-state index contributed by atoms with van der Waals surface area (Å²) in [6.07, 6.45) is 14.7. The molecular weight excluding hydrogens is 539 g/mol. The molecular formula is C30H28ClIO. The summed E-state index contributed by atoms with van der Waals surface area (Å²) >= 11 is 8.84. The van der Waals surface area contributed by atoms with E-state index in [4.69, 9.17) is 16.3 Å². The minimum absolute atomic E-state index is 0.205. The summed E-state index contributed by atoms with van der Waals surface area (Å²) in [6.45, 7) is 3.17. The average Bonchev–Trinajstić information content (AvgIpc) is 2.85. The number of hydrogen-bond donors (Lipinski definition) is 0. The van der Waals surface area contributed by atoms with Crippen molar-refractivity contribution in [2.75, 3.05) is 6.61 Å². The van der Waals surface area contributed by atoms with Crippen LogP contribution in [0.2, 0.25) is 5.02 Å². The highest BCUT2D eigenvalue weighted by atomic mass is 127. The van der Waals surface area contributed by atoms with E-state index in [2.05, 4.69) is 90.2 Å². The standard InChI is InChI=1S/C25H22ClI.C5H6O/c1-25(18-8-10-19(26)11-9-18)14-17-7-12-21-20-5-3-2-4-16(20)6-13-22(21)24(17)23(27)15-25;1-2-4-6-5-3-1/h2-13,17,23-24H,14-15H2,1H3;1-4H,5H2. The summed E-state index contributed by atoms with van der Waals surface area (Å²) in [5, 5.41) is 3.55. The van der Waals surface area contributed by atoms with Crippen LogP contribution < -0.4 is 0 Å². The van der Waals surface area contributed by atoms with Crippen LogP contribution in [0.25, 0.3) is 16.8 Å². The lowest BCUT2D eigenvalue weighted by atomic mass is 9.60. The van der Waals surface area contributed by atoms with Gasteiger partial charge in [-0.1, -0.05) is 108 Å². The van der Waals surface area contributed by atoms with E-state index in [-0.39, 0.29) is 5.41 Å². The minimum Gasteiger partial charge on any atom is -0.497 e. The zero-order valence-corrected chi connectivity index (χ0v) is 21.7. The molecule has 3 heteroatoms. The number of rotatable bonds is 1. The van der Waals surface area contributed by atoms with Crippen LogP contribution in [0.5, 0.6) is 0 Å². The van der Waals surface area contributed by atoms with Crippen LogP contribution in [0, 0.1) is 5.92 Å². The summed E-state index contributed by atoms with van der Waals surface area (Å²) in [7, 11) is 0. The second-order valence-corrected chi connectivity index (χ2v) is 11.5. The van der Waals surface area contributed by atoms with Gasteiger partial charge in [-0.25, -0.2) is 0 Å². The first-order valence-corrected chi connectivity index (χ1v) is 13.2. The van der Waals surface area contributed by atoms with Crippen LogP contribution in [0.3, 0.4) is 0 Å². The molecule has 0 saturated heterocycles. The highest BCUT2D eigenvalue weighted by Crippen LogP contribution is 2.54. The van der Waals surface area contributed by atoms with Gasteiger partial charge in [-0.05, 0) is 75.9 Å². The van der Waals surface area contributed by atoms with Gasteiger partial charge in [0.2, 0.25) is 0 Å². The van der Waals surface area contributed by atoms with Crippen molar-refractivity contribution in [3.8, 4) is 0 Å². The molecule has 0 amide bonds. The number of fused-ring (bicyclic) bond motifs is 5. The summed E-state index contributed by atoms with van der Waals surface area (Å²) < 4.78 is 5.42. The molecule has 1 aliphatic heterocycles. The molecule has 0 N–H and O–H groups in total. The molecule has 4 atom stereocenters. The average molecular weight is 567 g/mol. The Morgan fingerprint density at radius 2 is 1.79 bits per heavy atom. The van der Waals surface area contributed by atoms with Gasteiger partial charge in [-0.2, -0.15) is 0 Å². The van der Waals surface area contributed by atoms with Crippen molar-refractivity contribution in [2.45, 2.75) is 35.0 Å². The molecule has 168 valence electrons. The fourth-order valence-electron chi connectivity index (χ4n) is 5.61. The van der Waals surface area contributed by atoms with Crippen molar-refractivity contribution in [3.63, 3.8) is 0 Å². The van der Waals surface area contributed by atoms with Crippen LogP contribution >= 0.6 is 34.2 Å². The summed E-state index contributed by atoms with van der Waals surface area (Å²) in [5.41, 5.74) is 4.60. The van der Waals surface area contributed by atoms with Crippen molar-refractivity contribution in [1.29, 1.82) is 0 Å². The monoisotopic (exact) mass is 566 g/mol. The van der Waals surface area contributed by atoms with Crippen molar-refractivity contribution < 1.29 is 4.74 Å². The van der Waals surface area contributed by atoms with Crippen molar-refractivity contribution in [2.24, 2.45) is 5.92 Å². The SMILES string of the molecule is C1=CCOC=C1.CC1(c2ccc(Cl)cc2)CC(I)C2c3ccc4ccccc4c3C=CC2C1. The van der Waals surface area contributed by atoms with Gasteiger partial charge in [0.15, 0.2) is 0 Å². The molecule has 3 aromatic rings. The second kappa shape index (κ2) is 9.68. The Morgan fingerprint density at radius 1 is 0.970 bits per heavy atom. The predicted octanol–water partition coefficient (Wildman–Crippen LogP) is 8.86. The van der Waals surface area contributed by atoms with Crippen molar-refractivity contribution in [1.82, 2.24) is 0 Å². The van der Waals surface area contributed by atoms with Crippen LogP contribution in [0.15, 0.2) is 91.2 Å². The highest BCUT2D eigenvalue weighted by Gasteiger charge is 2.44. The molecule has 0 radical (unpaired) electrons. The van der Waals surface area contributed by atoms with E-state index in [0.29, 0.717) is 15.8 Å². The van der Waals surface area contributed by atoms with Gasteiger partial charge in [-0.15, -0.1) is 0 Å². The van der Waals surface area contributed by atoms with E-state index in [9.17, 15) is 0 Å². The molecule has 0 spiro atoms. The Morgan fingerprint density at radius 3 is 2.48 bits per heavy atom. The Labute approximate surface area is 215 Å². The normalized spacial score (nSPS) is 27.2. The summed E-state index contributed by atoms with van der Waals surface area (Å²) in [5.74, 6) is 1.20. The van der Waals surface area contributed by atoms with Gasteiger partial charge in [0, 0.05) is 14.9 Å². The minimum atomic E-state index is 0.205. The number of halogens is 2. The van der Waals surface area contributed by atoms with E-state index in [1.165, 1.54) is 34.7 Å². The molecule has 0 aromatic heterocycles. The maximum Gasteiger partial charge on any atom is 0.106 e. The first-order valence-electron chi connectivity index (χ1n) is 11.6. The van der Waals surface area contributed by atoms with Crippen LogP contribution in [0.1, 0.15) is 42.4 Å². The second-order valence-electron chi connectivity index (χ2n) is 9.42. The maximum atomic E-state index is 6.13. The molecule has 33 heavy (non-hydrogen) atoms. The zero-order valence-electron chi connectivity index (χ0n) is 18.8. The smallest absolute Gasteiger partial charge is 0.106 e. The lowest BCUT2D eigenvalue weighted by molar-refractivity contribution is 0.253. The predicted molar refractivity (Wildman–Crippen MR) is 149 cm³/mol. The number of allylic oxidation sites excluding steroid dienone is 3. The molecule has 1 saturated carbocycles. The van der Waals surface area contributed by atoms with Gasteiger partial charge >= 0.3 is 0 Å². The fraction of sp³-hybridized carbons (Fsp3) is 0.267. The number of alkyl halides is 1. The molecule has 0 bridgehead atoms. The topological polar surface area (TPSA) is 9.23 Å². The third kappa shape index (κ3) is 4.65. The Bertz CT molecular complexity index is 1210. The first kappa shape index (κ1) is 22.7. The van der Waals surface area contributed by atoms with Crippen molar-refractivity contribution in [3.05, 3.63) is 113 Å². The van der Waals surface area contributed by atoms with Crippen LogP contribution in [-0.4, -0.2) is 10.5 Å². The van der Waals surface area contributed by atoms with Gasteiger partial charge in [0.1, 0.15) is 6.61 Å². The number of benzene rings is 3. The first-order chi connectivity index (χ1) is 16.0. The lowest BCUT2D eigenvalue weighted by Crippen LogP contribution is -2.40. The maximum absolute atomic E-state index is 6.13. The van der Waals surface area contributed by atoms with Crippen LogP contribution in [-0.2, 0) is 10.2 Å². The molecule has 1 heterocycles. The molecule has 1 nitrogen and oxygen atoms in total. The molecule has 3 aliphatic rings. The molecule has 4 unspecified atom stereocenters. The van der Waals surface area contributed by atoms with E-state index in [1.54, 1.807) is 11.8 Å². The Kier molecular flexibility index (Phi) is 6.67. The molecule has 3 aromatic carbocycles. The van der Waals surface area contributed by atoms with Gasteiger partial charge in [0.05, 0.1) is 6.26 Å². The fourth-order valence-corrected chi connectivity index (χ4v) is 7.63. The van der Waals surface area contributed by atoms with E-state index >= 15 is 0 Å². The number of hydrogen-bond acceptors (Lipinski definition) is 1. The van der Waals surface area contributed by atoms with Gasteiger partial charge in [0.25, 0.3) is 0 Å². The molecule has 6 rings (SSSR count). The highest BCUT2D eigenvalue weighted by molar-refractivity contribution is 14.1. The summed E-state index contributed by atoms with van der Waals surface area (Å²) in [6, 6.07) is 22.0. The Hall–Kier alpha value is -2.04. The largest absolute Gasteiger partial charge is 0.497 e. The van der Waals surface area contributed by atoms with Crippen molar-refractivity contribution >= 4 is 51.0 Å². The summed E-state index contributed by atoms with van der Waals surface area (Å²) in [4.78, 5) is 0.